The van der Waals surface area contributed by atoms with E-state index in [9.17, 15) is 14.3 Å². The number of carbonyl (C=O) groups is 1. The summed E-state index contributed by atoms with van der Waals surface area (Å²) in [5.41, 5.74) is 0.348. The average Bonchev–Trinajstić information content (AvgIpc) is 2.66. The van der Waals surface area contributed by atoms with Crippen molar-refractivity contribution in [3.63, 3.8) is 0 Å². The fourth-order valence-electron chi connectivity index (χ4n) is 1.60. The molecule has 0 unspecified atom stereocenters. The average molecular weight is 264 g/mol. The van der Waals surface area contributed by atoms with Crippen LogP contribution in [0.15, 0.2) is 22.6 Å². The number of phenols is 1. The molecule has 6 heteroatoms. The lowest BCUT2D eigenvalue weighted by atomic mass is 10.1. The van der Waals surface area contributed by atoms with Crippen LogP contribution in [0.3, 0.4) is 0 Å². The van der Waals surface area contributed by atoms with Crippen LogP contribution < -0.4 is 5.32 Å². The van der Waals surface area contributed by atoms with Gasteiger partial charge < -0.3 is 14.8 Å². The number of amides is 1. The molecule has 1 heterocycles. The van der Waals surface area contributed by atoms with E-state index in [4.69, 9.17) is 4.42 Å². The zero-order valence-electron chi connectivity index (χ0n) is 10.5. The van der Waals surface area contributed by atoms with Crippen molar-refractivity contribution in [2.24, 2.45) is 0 Å². The predicted molar refractivity (Wildman–Crippen MR) is 65.2 cm³/mol. The van der Waals surface area contributed by atoms with Crippen LogP contribution in [-0.4, -0.2) is 16.0 Å². The van der Waals surface area contributed by atoms with Crippen LogP contribution in [0.5, 0.6) is 5.75 Å². The van der Waals surface area contributed by atoms with Gasteiger partial charge in [0, 0.05) is 0 Å². The van der Waals surface area contributed by atoms with Gasteiger partial charge in [-0.1, -0.05) is 6.07 Å². The summed E-state index contributed by atoms with van der Waals surface area (Å²) < 4.78 is 18.7. The first kappa shape index (κ1) is 13.1. The lowest BCUT2D eigenvalue weighted by Crippen LogP contribution is -2.24. The summed E-state index contributed by atoms with van der Waals surface area (Å²) in [6.07, 6.45) is 0. The van der Waals surface area contributed by atoms with Crippen molar-refractivity contribution >= 4 is 5.91 Å². The van der Waals surface area contributed by atoms with E-state index in [0.29, 0.717) is 11.7 Å². The van der Waals surface area contributed by atoms with Gasteiger partial charge in [0.05, 0.1) is 12.2 Å². The van der Waals surface area contributed by atoms with E-state index < -0.39 is 17.5 Å². The van der Waals surface area contributed by atoms with E-state index in [-0.39, 0.29) is 12.1 Å². The SMILES string of the molecule is Cc1nc(CNC(=O)c2c(O)cccc2F)oc1C. The zero-order chi connectivity index (χ0) is 14.0. The molecule has 0 aliphatic carbocycles. The number of aryl methyl sites for hydroxylation is 2. The Balaban J connectivity index is 2.09. The molecule has 0 radical (unpaired) electrons. The van der Waals surface area contributed by atoms with E-state index in [1.54, 1.807) is 13.8 Å². The molecule has 1 aromatic heterocycles. The molecule has 0 atom stereocenters. The fourth-order valence-corrected chi connectivity index (χ4v) is 1.60. The van der Waals surface area contributed by atoms with Gasteiger partial charge in [-0.15, -0.1) is 0 Å². The quantitative estimate of drug-likeness (QED) is 0.889. The number of aromatic nitrogens is 1. The molecule has 0 aliphatic rings. The largest absolute Gasteiger partial charge is 0.507 e. The van der Waals surface area contributed by atoms with Crippen molar-refractivity contribution in [3.05, 3.63) is 46.9 Å². The Morgan fingerprint density at radius 1 is 1.47 bits per heavy atom. The molecule has 0 saturated carbocycles. The highest BCUT2D eigenvalue weighted by Gasteiger charge is 2.17. The second-order valence-electron chi connectivity index (χ2n) is 4.07. The van der Waals surface area contributed by atoms with Crippen molar-refractivity contribution in [2.45, 2.75) is 20.4 Å². The van der Waals surface area contributed by atoms with Crippen LogP contribution >= 0.6 is 0 Å². The maximum Gasteiger partial charge on any atom is 0.258 e. The number of benzene rings is 1. The summed E-state index contributed by atoms with van der Waals surface area (Å²) in [5, 5.41) is 11.9. The van der Waals surface area contributed by atoms with E-state index in [2.05, 4.69) is 10.3 Å². The number of hydrogen-bond donors (Lipinski definition) is 2. The van der Waals surface area contributed by atoms with Crippen LogP contribution in [0, 0.1) is 19.7 Å². The third-order valence-electron chi connectivity index (χ3n) is 2.69. The second-order valence-corrected chi connectivity index (χ2v) is 4.07. The summed E-state index contributed by atoms with van der Waals surface area (Å²) in [4.78, 5) is 15.9. The standard InChI is InChI=1S/C13H13FN2O3/c1-7-8(2)19-11(16-7)6-15-13(18)12-9(14)4-3-5-10(12)17/h3-5,17H,6H2,1-2H3,(H,15,18). The van der Waals surface area contributed by atoms with E-state index >= 15 is 0 Å². The molecule has 2 aromatic rings. The molecule has 0 spiro atoms. The molecule has 2 rings (SSSR count). The van der Waals surface area contributed by atoms with E-state index in [1.807, 2.05) is 0 Å². The second kappa shape index (κ2) is 5.09. The van der Waals surface area contributed by atoms with E-state index in [0.717, 1.165) is 11.8 Å². The Labute approximate surface area is 109 Å². The first-order valence-corrected chi connectivity index (χ1v) is 5.67. The van der Waals surface area contributed by atoms with Gasteiger partial charge in [0.25, 0.3) is 5.91 Å². The Morgan fingerprint density at radius 2 is 2.21 bits per heavy atom. The minimum Gasteiger partial charge on any atom is -0.507 e. The van der Waals surface area contributed by atoms with Crippen molar-refractivity contribution in [1.82, 2.24) is 10.3 Å². The molecule has 1 aromatic carbocycles. The molecule has 0 saturated heterocycles. The van der Waals surface area contributed by atoms with Gasteiger partial charge in [-0.3, -0.25) is 4.79 Å². The van der Waals surface area contributed by atoms with Gasteiger partial charge in [-0.25, -0.2) is 9.37 Å². The van der Waals surface area contributed by atoms with Crippen LogP contribution in [0.2, 0.25) is 0 Å². The van der Waals surface area contributed by atoms with Gasteiger partial charge in [0.1, 0.15) is 22.9 Å². The number of nitrogens with zero attached hydrogens (tertiary/aromatic N) is 1. The van der Waals surface area contributed by atoms with Gasteiger partial charge in [0.15, 0.2) is 0 Å². The van der Waals surface area contributed by atoms with Crippen molar-refractivity contribution in [3.8, 4) is 5.75 Å². The summed E-state index contributed by atoms with van der Waals surface area (Å²) in [6.45, 7) is 3.57. The fraction of sp³-hybridized carbons (Fsp3) is 0.231. The maximum absolute atomic E-state index is 13.4. The number of nitrogens with one attached hydrogen (secondary N) is 1. The van der Waals surface area contributed by atoms with E-state index in [1.165, 1.54) is 12.1 Å². The van der Waals surface area contributed by atoms with Crippen LogP contribution in [-0.2, 0) is 6.54 Å². The Kier molecular flexibility index (Phi) is 3.50. The highest BCUT2D eigenvalue weighted by molar-refractivity contribution is 5.96. The molecule has 0 fully saturated rings. The number of oxazole rings is 1. The summed E-state index contributed by atoms with van der Waals surface area (Å²) >= 11 is 0. The van der Waals surface area contributed by atoms with Crippen LogP contribution in [0.25, 0.3) is 0 Å². The zero-order valence-corrected chi connectivity index (χ0v) is 10.5. The minimum atomic E-state index is -0.780. The number of carbonyl (C=O) groups excluding carboxylic acids is 1. The van der Waals surface area contributed by atoms with Crippen LogP contribution in [0.1, 0.15) is 27.7 Å². The number of halogens is 1. The van der Waals surface area contributed by atoms with Crippen LogP contribution in [0.4, 0.5) is 4.39 Å². The van der Waals surface area contributed by atoms with Gasteiger partial charge >= 0.3 is 0 Å². The predicted octanol–water partition coefficient (Wildman–Crippen LogP) is 2.07. The molecule has 2 N–H and O–H groups in total. The third-order valence-corrected chi connectivity index (χ3v) is 2.69. The maximum atomic E-state index is 13.4. The van der Waals surface area contributed by atoms with Crippen molar-refractivity contribution < 1.29 is 18.7 Å². The van der Waals surface area contributed by atoms with Gasteiger partial charge in [0.2, 0.25) is 5.89 Å². The minimum absolute atomic E-state index is 0.0291. The van der Waals surface area contributed by atoms with Crippen molar-refractivity contribution in [2.75, 3.05) is 0 Å². The molecule has 1 amide bonds. The normalized spacial score (nSPS) is 10.5. The highest BCUT2D eigenvalue weighted by Crippen LogP contribution is 2.19. The molecule has 0 bridgehead atoms. The number of rotatable bonds is 3. The summed E-state index contributed by atoms with van der Waals surface area (Å²) in [7, 11) is 0. The van der Waals surface area contributed by atoms with Crippen molar-refractivity contribution in [1.29, 1.82) is 0 Å². The molecule has 0 aliphatic heterocycles. The summed E-state index contributed by atoms with van der Waals surface area (Å²) in [6, 6.07) is 3.67. The number of phenolic OH excluding ortho intramolecular Hbond substituents is 1. The third kappa shape index (κ3) is 2.73. The first-order valence-electron chi connectivity index (χ1n) is 5.67. The lowest BCUT2D eigenvalue weighted by molar-refractivity contribution is 0.0940. The number of aromatic hydroxyl groups is 1. The molecular formula is C13H13FN2O3. The first-order chi connectivity index (χ1) is 8.99. The Hall–Kier alpha value is -2.37. The number of hydrogen-bond acceptors (Lipinski definition) is 4. The highest BCUT2D eigenvalue weighted by atomic mass is 19.1. The Bertz CT molecular complexity index is 583. The molecular weight excluding hydrogens is 251 g/mol. The Morgan fingerprint density at radius 3 is 2.79 bits per heavy atom. The monoisotopic (exact) mass is 264 g/mol. The van der Waals surface area contributed by atoms with Gasteiger partial charge in [-0.05, 0) is 26.0 Å². The molecule has 19 heavy (non-hydrogen) atoms. The molecule has 5 nitrogen and oxygen atoms in total. The molecule has 100 valence electrons. The summed E-state index contributed by atoms with van der Waals surface area (Å²) in [5.74, 6) is -0.907. The van der Waals surface area contributed by atoms with Gasteiger partial charge in [-0.2, -0.15) is 0 Å². The lowest BCUT2D eigenvalue weighted by Gasteiger charge is -2.05. The topological polar surface area (TPSA) is 75.4 Å². The smallest absolute Gasteiger partial charge is 0.258 e.